The second-order valence-corrected chi connectivity index (χ2v) is 9.45. The maximum atomic E-state index is 12.4. The molecule has 0 unspecified atom stereocenters. The third-order valence-corrected chi connectivity index (χ3v) is 6.84. The first-order valence-corrected chi connectivity index (χ1v) is 10.7. The SMILES string of the molecule is NS(=O)(=O)c1ccc(S(=O)(=O)NC2CCN(C3CC3)CC2)cc1. The van der Waals surface area contributed by atoms with Gasteiger partial charge < -0.3 is 4.90 Å². The van der Waals surface area contributed by atoms with E-state index in [0.29, 0.717) is 6.04 Å². The van der Waals surface area contributed by atoms with Gasteiger partial charge in [-0.3, -0.25) is 0 Å². The molecule has 1 aliphatic heterocycles. The standard InChI is InChI=1S/C14H21N3O4S2/c15-22(18,19)13-3-5-14(6-4-13)23(20,21)16-11-7-9-17(10-8-11)12-1-2-12/h3-6,11-12,16H,1-2,7-10H2,(H2,15,18,19). The molecule has 0 amide bonds. The van der Waals surface area contributed by atoms with Crippen LogP contribution in [0, 0.1) is 0 Å². The highest BCUT2D eigenvalue weighted by Gasteiger charge is 2.33. The first kappa shape index (κ1) is 16.8. The number of nitrogens with two attached hydrogens (primary N) is 1. The Bertz CT molecular complexity index is 763. The van der Waals surface area contributed by atoms with E-state index in [1.165, 1.54) is 37.1 Å². The molecule has 128 valence electrons. The zero-order chi connectivity index (χ0) is 16.7. The van der Waals surface area contributed by atoms with Crippen LogP contribution in [0.3, 0.4) is 0 Å². The molecule has 0 bridgehead atoms. The number of piperidine rings is 1. The molecule has 7 nitrogen and oxygen atoms in total. The summed E-state index contributed by atoms with van der Waals surface area (Å²) in [6.07, 6.45) is 4.11. The van der Waals surface area contributed by atoms with Crippen LogP contribution >= 0.6 is 0 Å². The molecule has 9 heteroatoms. The molecule has 2 fully saturated rings. The van der Waals surface area contributed by atoms with Gasteiger partial charge in [0.15, 0.2) is 0 Å². The molecule has 1 saturated carbocycles. The third kappa shape index (κ3) is 4.10. The van der Waals surface area contributed by atoms with Crippen LogP contribution in [0.1, 0.15) is 25.7 Å². The van der Waals surface area contributed by atoms with Crippen molar-refractivity contribution < 1.29 is 16.8 Å². The smallest absolute Gasteiger partial charge is 0.240 e. The lowest BCUT2D eigenvalue weighted by atomic mass is 10.1. The summed E-state index contributed by atoms with van der Waals surface area (Å²) in [5, 5.41) is 5.01. The highest BCUT2D eigenvalue weighted by atomic mass is 32.2. The highest BCUT2D eigenvalue weighted by molar-refractivity contribution is 7.89. The molecule has 1 saturated heterocycles. The Kier molecular flexibility index (Phi) is 4.49. The van der Waals surface area contributed by atoms with Crippen molar-refractivity contribution in [3.05, 3.63) is 24.3 Å². The summed E-state index contributed by atoms with van der Waals surface area (Å²) in [7, 11) is -7.47. The maximum absolute atomic E-state index is 12.4. The van der Waals surface area contributed by atoms with Crippen molar-refractivity contribution in [2.24, 2.45) is 5.14 Å². The van der Waals surface area contributed by atoms with Gasteiger partial charge in [0.1, 0.15) is 0 Å². The van der Waals surface area contributed by atoms with Crippen molar-refractivity contribution in [1.29, 1.82) is 0 Å². The summed E-state index contributed by atoms with van der Waals surface area (Å²) in [4.78, 5) is 2.37. The molecule has 23 heavy (non-hydrogen) atoms. The second kappa shape index (κ2) is 6.14. The Morgan fingerprint density at radius 3 is 1.91 bits per heavy atom. The summed E-state index contributed by atoms with van der Waals surface area (Å²) in [6, 6.07) is 5.58. The van der Waals surface area contributed by atoms with Crippen LogP contribution in [0.2, 0.25) is 0 Å². The van der Waals surface area contributed by atoms with Gasteiger partial charge in [0.25, 0.3) is 0 Å². The number of sulfonamides is 2. The monoisotopic (exact) mass is 359 g/mol. The number of likely N-dealkylation sites (tertiary alicyclic amines) is 1. The normalized spacial score (nSPS) is 21.4. The van der Waals surface area contributed by atoms with E-state index in [9.17, 15) is 16.8 Å². The van der Waals surface area contributed by atoms with E-state index in [-0.39, 0.29) is 15.8 Å². The van der Waals surface area contributed by atoms with E-state index in [0.717, 1.165) is 25.9 Å². The lowest BCUT2D eigenvalue weighted by Gasteiger charge is -2.32. The lowest BCUT2D eigenvalue weighted by Crippen LogP contribution is -2.45. The van der Waals surface area contributed by atoms with Gasteiger partial charge in [-0.25, -0.2) is 26.7 Å². The van der Waals surface area contributed by atoms with Crippen molar-refractivity contribution in [2.45, 2.75) is 47.6 Å². The quantitative estimate of drug-likeness (QED) is 0.782. The molecular formula is C14H21N3O4S2. The maximum Gasteiger partial charge on any atom is 0.240 e. The van der Waals surface area contributed by atoms with Crippen molar-refractivity contribution in [3.63, 3.8) is 0 Å². The van der Waals surface area contributed by atoms with E-state index < -0.39 is 20.0 Å². The Balaban J connectivity index is 1.64. The zero-order valence-electron chi connectivity index (χ0n) is 12.7. The minimum Gasteiger partial charge on any atom is -0.300 e. The molecule has 1 aliphatic carbocycles. The zero-order valence-corrected chi connectivity index (χ0v) is 14.3. The van der Waals surface area contributed by atoms with Gasteiger partial charge >= 0.3 is 0 Å². The van der Waals surface area contributed by atoms with Crippen molar-refractivity contribution >= 4 is 20.0 Å². The van der Waals surface area contributed by atoms with Gasteiger partial charge in [-0.1, -0.05) is 0 Å². The molecule has 3 rings (SSSR count). The largest absolute Gasteiger partial charge is 0.300 e. The van der Waals surface area contributed by atoms with E-state index in [1.54, 1.807) is 0 Å². The molecule has 0 atom stereocenters. The van der Waals surface area contributed by atoms with Gasteiger partial charge in [0.05, 0.1) is 9.79 Å². The number of hydrogen-bond donors (Lipinski definition) is 2. The molecule has 0 aromatic heterocycles. The Morgan fingerprint density at radius 2 is 1.43 bits per heavy atom. The number of hydrogen-bond acceptors (Lipinski definition) is 5. The fraction of sp³-hybridized carbons (Fsp3) is 0.571. The second-order valence-electron chi connectivity index (χ2n) is 6.18. The average Bonchev–Trinajstić information content (AvgIpc) is 3.32. The van der Waals surface area contributed by atoms with Gasteiger partial charge in [-0.15, -0.1) is 0 Å². The molecule has 1 aromatic carbocycles. The van der Waals surface area contributed by atoms with Crippen LogP contribution in [0.5, 0.6) is 0 Å². The number of primary sulfonamides is 1. The minimum absolute atomic E-state index is 0.0505. The number of rotatable bonds is 5. The first-order valence-electron chi connectivity index (χ1n) is 7.65. The van der Waals surface area contributed by atoms with Gasteiger partial charge in [0, 0.05) is 12.1 Å². The molecule has 0 spiro atoms. The fourth-order valence-electron chi connectivity index (χ4n) is 2.92. The van der Waals surface area contributed by atoms with Crippen LogP contribution in [0.15, 0.2) is 34.1 Å². The Labute approximate surface area is 137 Å². The lowest BCUT2D eigenvalue weighted by molar-refractivity contribution is 0.199. The Morgan fingerprint density at radius 1 is 0.913 bits per heavy atom. The third-order valence-electron chi connectivity index (χ3n) is 4.38. The summed E-state index contributed by atoms with van der Waals surface area (Å²) >= 11 is 0. The molecule has 1 aromatic rings. The van der Waals surface area contributed by atoms with Crippen LogP contribution in [0.25, 0.3) is 0 Å². The minimum atomic E-state index is -3.82. The predicted molar refractivity (Wildman–Crippen MR) is 85.8 cm³/mol. The summed E-state index contributed by atoms with van der Waals surface area (Å²) in [5.74, 6) is 0. The molecule has 2 aliphatic rings. The Hall–Kier alpha value is -1.00. The van der Waals surface area contributed by atoms with Crippen molar-refractivity contribution in [2.75, 3.05) is 13.1 Å². The molecule has 3 N–H and O–H groups in total. The average molecular weight is 359 g/mol. The van der Waals surface area contributed by atoms with Crippen LogP contribution in [-0.2, 0) is 20.0 Å². The van der Waals surface area contributed by atoms with Crippen LogP contribution < -0.4 is 9.86 Å². The van der Waals surface area contributed by atoms with Crippen molar-refractivity contribution in [1.82, 2.24) is 9.62 Å². The molecule has 1 heterocycles. The molecular weight excluding hydrogens is 338 g/mol. The van der Waals surface area contributed by atoms with E-state index in [4.69, 9.17) is 5.14 Å². The van der Waals surface area contributed by atoms with Crippen LogP contribution in [0.4, 0.5) is 0 Å². The van der Waals surface area contributed by atoms with Crippen LogP contribution in [-0.4, -0.2) is 46.9 Å². The first-order chi connectivity index (χ1) is 10.8. The van der Waals surface area contributed by atoms with E-state index >= 15 is 0 Å². The van der Waals surface area contributed by atoms with E-state index in [1.807, 2.05) is 0 Å². The highest BCUT2D eigenvalue weighted by Crippen LogP contribution is 2.29. The topological polar surface area (TPSA) is 110 Å². The number of nitrogens with one attached hydrogen (secondary N) is 1. The van der Waals surface area contributed by atoms with Crippen molar-refractivity contribution in [3.8, 4) is 0 Å². The summed E-state index contributed by atoms with van der Waals surface area (Å²) < 4.78 is 49.9. The number of benzene rings is 1. The van der Waals surface area contributed by atoms with Gasteiger partial charge in [0.2, 0.25) is 20.0 Å². The number of nitrogens with zero attached hydrogens (tertiary/aromatic N) is 1. The summed E-state index contributed by atoms with van der Waals surface area (Å²) in [6.45, 7) is 1.84. The summed E-state index contributed by atoms with van der Waals surface area (Å²) in [5.41, 5.74) is 0. The fourth-order valence-corrected chi connectivity index (χ4v) is 4.74. The predicted octanol–water partition coefficient (Wildman–Crippen LogP) is 0.239. The van der Waals surface area contributed by atoms with Gasteiger partial charge in [-0.2, -0.15) is 0 Å². The van der Waals surface area contributed by atoms with Gasteiger partial charge in [-0.05, 0) is 63.0 Å². The van der Waals surface area contributed by atoms with E-state index in [2.05, 4.69) is 9.62 Å². The molecule has 0 radical (unpaired) electrons.